The first-order chi connectivity index (χ1) is 12.0. The Morgan fingerprint density at radius 2 is 2.08 bits per heavy atom. The van der Waals surface area contributed by atoms with Crippen LogP contribution in [0.25, 0.3) is 16.9 Å². The Hall–Kier alpha value is -2.88. The predicted octanol–water partition coefficient (Wildman–Crippen LogP) is 1.29. The molecule has 0 aromatic carbocycles. The van der Waals surface area contributed by atoms with Crippen molar-refractivity contribution in [3.05, 3.63) is 30.6 Å². The number of anilines is 2. The number of rotatable bonds is 5. The van der Waals surface area contributed by atoms with E-state index in [2.05, 4.69) is 19.8 Å². The lowest BCUT2D eigenvalue weighted by Gasteiger charge is -2.12. The predicted molar refractivity (Wildman–Crippen MR) is 92.7 cm³/mol. The minimum absolute atomic E-state index is 0.205. The van der Waals surface area contributed by atoms with E-state index in [9.17, 15) is 8.42 Å². The van der Waals surface area contributed by atoms with Gasteiger partial charge in [0.2, 0.25) is 15.9 Å². The van der Waals surface area contributed by atoms with Crippen LogP contribution < -0.4 is 15.2 Å². The number of imidazole rings is 1. The molecule has 130 valence electrons. The molecule has 0 unspecified atom stereocenters. The molecule has 3 aromatic rings. The minimum atomic E-state index is -3.43. The minimum Gasteiger partial charge on any atom is -0.480 e. The van der Waals surface area contributed by atoms with E-state index in [1.807, 2.05) is 0 Å². The van der Waals surface area contributed by atoms with Gasteiger partial charge in [0.25, 0.3) is 0 Å². The van der Waals surface area contributed by atoms with Gasteiger partial charge in [0.15, 0.2) is 5.65 Å². The van der Waals surface area contributed by atoms with Crippen molar-refractivity contribution in [1.29, 1.82) is 0 Å². The van der Waals surface area contributed by atoms with Crippen LogP contribution in [-0.4, -0.2) is 40.4 Å². The Kier molecular flexibility index (Phi) is 3.49. The average molecular weight is 360 g/mol. The Morgan fingerprint density at radius 1 is 1.28 bits per heavy atom. The van der Waals surface area contributed by atoms with E-state index in [0.717, 1.165) is 0 Å². The fraction of sp³-hybridized carbons (Fsp3) is 0.267. The maximum atomic E-state index is 12.2. The zero-order valence-corrected chi connectivity index (χ0v) is 14.2. The molecule has 1 aliphatic rings. The van der Waals surface area contributed by atoms with Crippen molar-refractivity contribution in [2.75, 3.05) is 17.6 Å². The van der Waals surface area contributed by atoms with Gasteiger partial charge in [-0.05, 0) is 31.0 Å². The van der Waals surface area contributed by atoms with E-state index in [1.165, 1.54) is 17.8 Å². The maximum Gasteiger partial charge on any atom is 0.238 e. The van der Waals surface area contributed by atoms with Crippen LogP contribution in [0.3, 0.4) is 0 Å². The molecular formula is C15H16N6O3S. The number of hydrogen-bond acceptors (Lipinski definition) is 7. The number of nitrogens with two attached hydrogens (primary N) is 1. The number of hydrogen-bond donors (Lipinski definition) is 2. The number of nitrogen functional groups attached to an aromatic ring is 1. The third-order valence-corrected chi connectivity index (χ3v) is 5.80. The van der Waals surface area contributed by atoms with Crippen LogP contribution in [0, 0.1) is 0 Å². The summed E-state index contributed by atoms with van der Waals surface area (Å²) >= 11 is 0. The van der Waals surface area contributed by atoms with E-state index < -0.39 is 10.0 Å². The molecule has 0 bridgehead atoms. The fourth-order valence-electron chi connectivity index (χ4n) is 2.49. The summed E-state index contributed by atoms with van der Waals surface area (Å²) in [6.45, 7) is 0. The first-order valence-electron chi connectivity index (χ1n) is 7.64. The smallest absolute Gasteiger partial charge is 0.238 e. The summed E-state index contributed by atoms with van der Waals surface area (Å²) in [5.74, 6) is 0.615. The number of methoxy groups -OCH3 is 1. The Balaban J connectivity index is 1.76. The molecule has 4 rings (SSSR count). The van der Waals surface area contributed by atoms with Crippen LogP contribution in [0.2, 0.25) is 0 Å². The van der Waals surface area contributed by atoms with E-state index in [1.54, 1.807) is 24.4 Å². The topological polar surface area (TPSA) is 124 Å². The number of sulfonamides is 1. The number of fused-ring (bicyclic) bond motifs is 1. The summed E-state index contributed by atoms with van der Waals surface area (Å²) < 4.78 is 33.7. The highest BCUT2D eigenvalue weighted by Gasteiger charge is 2.36. The van der Waals surface area contributed by atoms with Crippen LogP contribution in [-0.2, 0) is 10.0 Å². The van der Waals surface area contributed by atoms with Gasteiger partial charge in [0, 0.05) is 11.8 Å². The maximum absolute atomic E-state index is 12.2. The van der Waals surface area contributed by atoms with Crippen LogP contribution in [0.4, 0.5) is 11.5 Å². The molecule has 3 aromatic heterocycles. The van der Waals surface area contributed by atoms with Gasteiger partial charge in [-0.15, -0.1) is 0 Å². The molecule has 9 nitrogen and oxygen atoms in total. The molecule has 0 atom stereocenters. The Labute approximate surface area is 143 Å². The largest absolute Gasteiger partial charge is 0.480 e. The molecule has 25 heavy (non-hydrogen) atoms. The van der Waals surface area contributed by atoms with Crippen molar-refractivity contribution < 1.29 is 13.2 Å². The molecule has 0 saturated heterocycles. The molecule has 0 spiro atoms. The average Bonchev–Trinajstić information content (AvgIpc) is 3.40. The van der Waals surface area contributed by atoms with Crippen LogP contribution in [0.5, 0.6) is 5.88 Å². The molecule has 3 heterocycles. The van der Waals surface area contributed by atoms with E-state index in [-0.39, 0.29) is 16.8 Å². The normalized spacial score (nSPS) is 14.6. The van der Waals surface area contributed by atoms with Crippen molar-refractivity contribution in [2.45, 2.75) is 18.1 Å². The van der Waals surface area contributed by atoms with Gasteiger partial charge in [-0.3, -0.25) is 4.72 Å². The Bertz CT molecular complexity index is 1060. The SMILES string of the molecule is COc1ncc(-c2ccc3ncc(N)n3n2)cc1NS(=O)(=O)C1CC1. The van der Waals surface area contributed by atoms with Gasteiger partial charge >= 0.3 is 0 Å². The summed E-state index contributed by atoms with van der Waals surface area (Å²) in [5, 5.41) is 4.07. The summed E-state index contributed by atoms with van der Waals surface area (Å²) in [5.41, 5.74) is 7.95. The molecule has 0 radical (unpaired) electrons. The van der Waals surface area contributed by atoms with Gasteiger partial charge in [0.05, 0.1) is 24.3 Å². The second kappa shape index (κ2) is 5.59. The lowest BCUT2D eigenvalue weighted by molar-refractivity contribution is 0.400. The first kappa shape index (κ1) is 15.6. The molecule has 1 saturated carbocycles. The van der Waals surface area contributed by atoms with Crippen molar-refractivity contribution in [1.82, 2.24) is 19.6 Å². The number of ether oxygens (including phenoxy) is 1. The highest BCUT2D eigenvalue weighted by Crippen LogP contribution is 2.33. The standard InChI is InChI=1S/C15H16N6O3S/c1-24-15-12(20-25(22,23)10-2-3-10)6-9(7-18-15)11-4-5-14-17-8-13(16)21(14)19-11/h4-8,10,20H,2-3,16H2,1H3. The first-order valence-corrected chi connectivity index (χ1v) is 9.19. The van der Waals surface area contributed by atoms with Gasteiger partial charge in [-0.2, -0.15) is 9.61 Å². The van der Waals surface area contributed by atoms with Crippen molar-refractivity contribution in [2.24, 2.45) is 0 Å². The van der Waals surface area contributed by atoms with Gasteiger partial charge in [0.1, 0.15) is 11.5 Å². The highest BCUT2D eigenvalue weighted by atomic mass is 32.2. The highest BCUT2D eigenvalue weighted by molar-refractivity contribution is 7.93. The third-order valence-electron chi connectivity index (χ3n) is 3.94. The number of nitrogens with zero attached hydrogens (tertiary/aromatic N) is 4. The number of pyridine rings is 1. The quantitative estimate of drug-likeness (QED) is 0.702. The van der Waals surface area contributed by atoms with Crippen LogP contribution in [0.1, 0.15) is 12.8 Å². The lowest BCUT2D eigenvalue weighted by Crippen LogP contribution is -2.18. The number of nitrogens with one attached hydrogen (secondary N) is 1. The fourth-order valence-corrected chi connectivity index (χ4v) is 3.86. The van der Waals surface area contributed by atoms with Crippen LogP contribution >= 0.6 is 0 Å². The summed E-state index contributed by atoms with van der Waals surface area (Å²) in [6.07, 6.45) is 4.43. The van der Waals surface area contributed by atoms with Crippen LogP contribution in [0.15, 0.2) is 30.6 Å². The van der Waals surface area contributed by atoms with Crippen molar-refractivity contribution in [3.63, 3.8) is 0 Å². The van der Waals surface area contributed by atoms with Crippen molar-refractivity contribution in [3.8, 4) is 17.1 Å². The molecule has 3 N–H and O–H groups in total. The van der Waals surface area contributed by atoms with Crippen molar-refractivity contribution >= 4 is 27.2 Å². The van der Waals surface area contributed by atoms with E-state index in [0.29, 0.717) is 35.6 Å². The summed E-state index contributed by atoms with van der Waals surface area (Å²) in [4.78, 5) is 8.30. The molecule has 1 fully saturated rings. The van der Waals surface area contributed by atoms with E-state index >= 15 is 0 Å². The summed E-state index contributed by atoms with van der Waals surface area (Å²) in [6, 6.07) is 5.19. The zero-order valence-electron chi connectivity index (χ0n) is 13.4. The second-order valence-electron chi connectivity index (χ2n) is 5.80. The van der Waals surface area contributed by atoms with E-state index in [4.69, 9.17) is 10.5 Å². The van der Waals surface area contributed by atoms with Gasteiger partial charge < -0.3 is 10.5 Å². The molecular weight excluding hydrogens is 344 g/mol. The lowest BCUT2D eigenvalue weighted by atomic mass is 10.2. The molecule has 0 amide bonds. The number of aromatic nitrogens is 4. The van der Waals surface area contributed by atoms with Gasteiger partial charge in [-0.1, -0.05) is 0 Å². The zero-order chi connectivity index (χ0) is 17.6. The second-order valence-corrected chi connectivity index (χ2v) is 7.76. The van der Waals surface area contributed by atoms with Gasteiger partial charge in [-0.25, -0.2) is 18.4 Å². The Morgan fingerprint density at radius 3 is 2.80 bits per heavy atom. The summed E-state index contributed by atoms with van der Waals surface area (Å²) in [7, 11) is -1.99. The molecule has 0 aliphatic heterocycles. The monoisotopic (exact) mass is 360 g/mol. The molecule has 1 aliphatic carbocycles. The molecule has 10 heteroatoms. The third kappa shape index (κ3) is 2.84.